The van der Waals surface area contributed by atoms with Crippen molar-refractivity contribution in [1.29, 1.82) is 0 Å². The van der Waals surface area contributed by atoms with E-state index in [9.17, 15) is 0 Å². The van der Waals surface area contributed by atoms with E-state index < -0.39 is 0 Å². The fourth-order valence-corrected chi connectivity index (χ4v) is 3.68. The molecule has 0 bridgehead atoms. The highest BCUT2D eigenvalue weighted by atomic mass is 35.5. The van der Waals surface area contributed by atoms with Gasteiger partial charge in [-0.15, -0.1) is 0 Å². The normalized spacial score (nSPS) is 15.2. The number of hydrogen-bond acceptors (Lipinski definition) is 2. The van der Waals surface area contributed by atoms with E-state index in [0.29, 0.717) is 0 Å². The summed E-state index contributed by atoms with van der Waals surface area (Å²) in [6, 6.07) is 27.7. The van der Waals surface area contributed by atoms with Crippen LogP contribution < -0.4 is 4.90 Å². The van der Waals surface area contributed by atoms with Crippen LogP contribution in [0.2, 0.25) is 5.02 Å². The lowest BCUT2D eigenvalue weighted by atomic mass is 10.0. The van der Waals surface area contributed by atoms with E-state index in [-0.39, 0.29) is 0 Å². The second kappa shape index (κ2) is 7.94. The van der Waals surface area contributed by atoms with E-state index in [1.807, 2.05) is 12.1 Å². The molecule has 0 saturated carbocycles. The zero-order chi connectivity index (χ0) is 17.8. The van der Waals surface area contributed by atoms with Crippen LogP contribution >= 0.6 is 11.6 Å². The summed E-state index contributed by atoms with van der Waals surface area (Å²) >= 11 is 5.99. The highest BCUT2D eigenvalue weighted by molar-refractivity contribution is 6.30. The summed E-state index contributed by atoms with van der Waals surface area (Å²) in [6.07, 6.45) is 0. The highest BCUT2D eigenvalue weighted by Gasteiger charge is 2.17. The fraction of sp³-hybridized carbons (Fsp3) is 0.217. The van der Waals surface area contributed by atoms with Gasteiger partial charge in [-0.25, -0.2) is 0 Å². The lowest BCUT2D eigenvalue weighted by Crippen LogP contribution is -2.45. The van der Waals surface area contributed by atoms with E-state index in [1.54, 1.807) is 0 Å². The molecule has 3 aromatic carbocycles. The Morgan fingerprint density at radius 3 is 2.12 bits per heavy atom. The van der Waals surface area contributed by atoms with Crippen molar-refractivity contribution < 1.29 is 0 Å². The summed E-state index contributed by atoms with van der Waals surface area (Å²) in [6.45, 7) is 5.28. The maximum atomic E-state index is 5.99. The first-order valence-corrected chi connectivity index (χ1v) is 9.53. The van der Waals surface area contributed by atoms with Crippen LogP contribution in [0.15, 0.2) is 78.9 Å². The predicted molar refractivity (Wildman–Crippen MR) is 111 cm³/mol. The average molecular weight is 363 g/mol. The molecule has 0 radical (unpaired) electrons. The number of nitrogens with zero attached hydrogens (tertiary/aromatic N) is 2. The molecule has 26 heavy (non-hydrogen) atoms. The molecule has 0 spiro atoms. The molecule has 1 aliphatic rings. The van der Waals surface area contributed by atoms with Crippen LogP contribution in [0.5, 0.6) is 0 Å². The Morgan fingerprint density at radius 2 is 1.38 bits per heavy atom. The molecule has 0 aliphatic carbocycles. The van der Waals surface area contributed by atoms with Crippen molar-refractivity contribution in [2.45, 2.75) is 6.54 Å². The number of halogens is 1. The van der Waals surface area contributed by atoms with Crippen molar-refractivity contribution in [3.63, 3.8) is 0 Å². The standard InChI is InChI=1S/C23H23ClN2/c24-22-9-11-23(12-10-22)26-15-13-25(14-16-26)18-19-5-4-8-21(17-19)20-6-2-1-3-7-20/h1-12,17H,13-16,18H2. The Kier molecular flexibility index (Phi) is 5.24. The highest BCUT2D eigenvalue weighted by Crippen LogP contribution is 2.22. The van der Waals surface area contributed by atoms with Crippen LogP contribution in [0.4, 0.5) is 5.69 Å². The smallest absolute Gasteiger partial charge is 0.0407 e. The van der Waals surface area contributed by atoms with Gasteiger partial charge in [-0.3, -0.25) is 4.90 Å². The summed E-state index contributed by atoms with van der Waals surface area (Å²) in [7, 11) is 0. The monoisotopic (exact) mass is 362 g/mol. The van der Waals surface area contributed by atoms with Crippen molar-refractivity contribution in [3.8, 4) is 11.1 Å². The second-order valence-corrected chi connectivity index (χ2v) is 7.24. The number of anilines is 1. The minimum Gasteiger partial charge on any atom is -0.369 e. The van der Waals surface area contributed by atoms with Crippen molar-refractivity contribution in [1.82, 2.24) is 4.90 Å². The quantitative estimate of drug-likeness (QED) is 0.619. The maximum Gasteiger partial charge on any atom is 0.0407 e. The lowest BCUT2D eigenvalue weighted by Gasteiger charge is -2.36. The van der Waals surface area contributed by atoms with Gasteiger partial charge in [0.2, 0.25) is 0 Å². The third-order valence-corrected chi connectivity index (χ3v) is 5.26. The Morgan fingerprint density at radius 1 is 0.692 bits per heavy atom. The Balaban J connectivity index is 1.38. The molecular formula is C23H23ClN2. The fourth-order valence-electron chi connectivity index (χ4n) is 3.55. The molecular weight excluding hydrogens is 340 g/mol. The molecule has 0 aromatic heterocycles. The first kappa shape index (κ1) is 17.1. The SMILES string of the molecule is Clc1ccc(N2CCN(Cc3cccc(-c4ccccc4)c3)CC2)cc1. The van der Waals surface area contributed by atoms with Gasteiger partial charge in [-0.2, -0.15) is 0 Å². The van der Waals surface area contributed by atoms with Crippen LogP contribution in [-0.4, -0.2) is 31.1 Å². The van der Waals surface area contributed by atoms with Gasteiger partial charge in [-0.1, -0.05) is 60.1 Å². The van der Waals surface area contributed by atoms with Crippen LogP contribution in [-0.2, 0) is 6.54 Å². The second-order valence-electron chi connectivity index (χ2n) is 6.81. The van der Waals surface area contributed by atoms with Gasteiger partial charge in [0.25, 0.3) is 0 Å². The Hall–Kier alpha value is -2.29. The molecule has 3 heteroatoms. The number of benzene rings is 3. The average Bonchev–Trinajstić information content (AvgIpc) is 2.70. The van der Waals surface area contributed by atoms with Gasteiger partial charge < -0.3 is 4.90 Å². The Labute approximate surface area is 160 Å². The molecule has 0 amide bonds. The molecule has 2 nitrogen and oxygen atoms in total. The zero-order valence-corrected chi connectivity index (χ0v) is 15.6. The van der Waals surface area contributed by atoms with E-state index in [0.717, 1.165) is 37.7 Å². The summed E-state index contributed by atoms with van der Waals surface area (Å²) < 4.78 is 0. The van der Waals surface area contributed by atoms with Crippen LogP contribution in [0.3, 0.4) is 0 Å². The molecule has 1 fully saturated rings. The van der Waals surface area contributed by atoms with Gasteiger partial charge in [0, 0.05) is 43.4 Å². The largest absolute Gasteiger partial charge is 0.369 e. The van der Waals surface area contributed by atoms with Gasteiger partial charge in [0.05, 0.1) is 0 Å². The molecule has 0 unspecified atom stereocenters. The molecule has 1 saturated heterocycles. The van der Waals surface area contributed by atoms with Crippen molar-refractivity contribution in [3.05, 3.63) is 89.4 Å². The molecule has 0 N–H and O–H groups in total. The topological polar surface area (TPSA) is 6.48 Å². The third-order valence-electron chi connectivity index (χ3n) is 5.00. The summed E-state index contributed by atoms with van der Waals surface area (Å²) in [5.74, 6) is 0. The van der Waals surface area contributed by atoms with Crippen LogP contribution in [0.1, 0.15) is 5.56 Å². The summed E-state index contributed by atoms with van der Waals surface area (Å²) in [4.78, 5) is 4.98. The Bertz CT molecular complexity index is 838. The molecule has 3 aromatic rings. The van der Waals surface area contributed by atoms with E-state index >= 15 is 0 Å². The van der Waals surface area contributed by atoms with Crippen LogP contribution in [0, 0.1) is 0 Å². The van der Waals surface area contributed by atoms with Crippen LogP contribution in [0.25, 0.3) is 11.1 Å². The predicted octanol–water partition coefficient (Wildman–Crippen LogP) is 5.33. The van der Waals surface area contributed by atoms with Gasteiger partial charge in [-0.05, 0) is 47.0 Å². The summed E-state index contributed by atoms with van der Waals surface area (Å²) in [5.41, 5.74) is 5.22. The van der Waals surface area contributed by atoms with E-state index in [2.05, 4.69) is 76.5 Å². The number of rotatable bonds is 4. The van der Waals surface area contributed by atoms with Crippen molar-refractivity contribution in [2.75, 3.05) is 31.1 Å². The molecule has 1 aliphatic heterocycles. The minimum atomic E-state index is 0.797. The molecule has 4 rings (SSSR count). The first-order valence-electron chi connectivity index (χ1n) is 9.15. The number of piperazine rings is 1. The zero-order valence-electron chi connectivity index (χ0n) is 14.8. The number of hydrogen-bond donors (Lipinski definition) is 0. The maximum absolute atomic E-state index is 5.99. The van der Waals surface area contributed by atoms with Crippen molar-refractivity contribution >= 4 is 17.3 Å². The third kappa shape index (κ3) is 4.09. The van der Waals surface area contributed by atoms with E-state index in [1.165, 1.54) is 22.4 Å². The van der Waals surface area contributed by atoms with Crippen molar-refractivity contribution in [2.24, 2.45) is 0 Å². The molecule has 1 heterocycles. The lowest BCUT2D eigenvalue weighted by molar-refractivity contribution is 0.250. The first-order chi connectivity index (χ1) is 12.8. The summed E-state index contributed by atoms with van der Waals surface area (Å²) in [5, 5.41) is 0.797. The van der Waals surface area contributed by atoms with Gasteiger partial charge in [0.1, 0.15) is 0 Å². The van der Waals surface area contributed by atoms with E-state index in [4.69, 9.17) is 11.6 Å². The van der Waals surface area contributed by atoms with Gasteiger partial charge >= 0.3 is 0 Å². The van der Waals surface area contributed by atoms with Gasteiger partial charge in [0.15, 0.2) is 0 Å². The minimum absolute atomic E-state index is 0.797. The molecule has 0 atom stereocenters. The molecule has 132 valence electrons.